The first kappa shape index (κ1) is 45.2. The van der Waals surface area contributed by atoms with Gasteiger partial charge in [-0.05, 0) is 0 Å². The van der Waals surface area contributed by atoms with E-state index in [-0.39, 0.29) is 0 Å². The normalized spacial score (nSPS) is 12.4. The molecule has 0 N–H and O–H groups in total. The summed E-state index contributed by atoms with van der Waals surface area (Å²) in [5.41, 5.74) is 5.44. The third-order valence-corrected chi connectivity index (χ3v) is 32.1. The van der Waals surface area contributed by atoms with Gasteiger partial charge in [-0.3, -0.25) is 0 Å². The Hall–Kier alpha value is 0.997. The summed E-state index contributed by atoms with van der Waals surface area (Å²) in [6.07, 6.45) is 38.2. The quantitative estimate of drug-likeness (QED) is 0.0541. The Morgan fingerprint density at radius 2 is 0.750 bits per heavy atom. The van der Waals surface area contributed by atoms with Gasteiger partial charge in [0.05, 0.1) is 0 Å². The standard InChI is InChI=1S/C38H64S2.6CH3.2Sn/c1-4-7-10-13-15-17-19-21-23-25-28-34-31-37(39-32-34)38-36(30-27-12-9-6-3)35(33-40-38)29-26-24-22-20-18-16-14-11-8-5-2;;;;;;;;/h31H,4-30H2,1-3H3;6*1H3;;. The minimum atomic E-state index is -2.27. The summed E-state index contributed by atoms with van der Waals surface area (Å²) in [7, 11) is 0. The van der Waals surface area contributed by atoms with Crippen LogP contribution < -0.4 is 5.79 Å². The Balaban J connectivity index is 2.19. The predicted octanol–water partition coefficient (Wildman–Crippen LogP) is 15.6. The fraction of sp³-hybridized carbons (Fsp3) is 0.818. The van der Waals surface area contributed by atoms with Crippen molar-refractivity contribution in [3.05, 3.63) is 22.8 Å². The van der Waals surface area contributed by atoms with Crippen molar-refractivity contribution >= 4 is 65.2 Å². The molecule has 0 nitrogen and oxygen atoms in total. The molecule has 4 heteroatoms. The summed E-state index contributed by atoms with van der Waals surface area (Å²) >= 11 is 0.0651. The molecule has 0 aliphatic rings. The van der Waals surface area contributed by atoms with Gasteiger partial charge in [-0.2, -0.15) is 0 Å². The van der Waals surface area contributed by atoms with Crippen LogP contribution >= 0.6 is 22.7 Å². The van der Waals surface area contributed by atoms with Crippen LogP contribution in [0.15, 0.2) is 6.07 Å². The van der Waals surface area contributed by atoms with Crippen molar-refractivity contribution in [1.82, 2.24) is 0 Å². The van der Waals surface area contributed by atoms with E-state index in [4.69, 9.17) is 0 Å². The van der Waals surface area contributed by atoms with E-state index in [1.54, 1.807) is 15.3 Å². The van der Waals surface area contributed by atoms with Gasteiger partial charge >= 0.3 is 295 Å². The molecule has 0 fully saturated rings. The molecule has 2 rings (SSSR count). The van der Waals surface area contributed by atoms with Crippen molar-refractivity contribution < 1.29 is 0 Å². The maximum atomic E-state index is 2.74. The number of aryl methyl sites for hydroxylation is 1. The van der Waals surface area contributed by atoms with Crippen LogP contribution in [0.25, 0.3) is 9.75 Å². The predicted molar refractivity (Wildman–Crippen MR) is 233 cm³/mol. The molecule has 2 heterocycles. The molecule has 0 spiro atoms. The van der Waals surface area contributed by atoms with E-state index in [9.17, 15) is 0 Å². The van der Waals surface area contributed by atoms with Gasteiger partial charge in [-0.15, -0.1) is 0 Å². The van der Waals surface area contributed by atoms with E-state index in [1.807, 2.05) is 16.9 Å². The second-order valence-corrected chi connectivity index (χ2v) is 50.0. The molecule has 0 amide bonds. The van der Waals surface area contributed by atoms with Crippen LogP contribution in [0.4, 0.5) is 0 Å². The molecular formula is C44H82S2Sn2. The fourth-order valence-electron chi connectivity index (χ4n) is 7.51. The van der Waals surface area contributed by atoms with Gasteiger partial charge in [0.25, 0.3) is 0 Å². The molecule has 0 saturated heterocycles. The maximum absolute atomic E-state index is 2.74. The number of unbranched alkanes of at least 4 members (excludes halogenated alkanes) is 21. The van der Waals surface area contributed by atoms with Gasteiger partial charge < -0.3 is 0 Å². The van der Waals surface area contributed by atoms with Crippen LogP contribution in [0.2, 0.25) is 29.6 Å². The van der Waals surface area contributed by atoms with Crippen LogP contribution in [0.1, 0.15) is 192 Å². The molecule has 0 bridgehead atoms. The van der Waals surface area contributed by atoms with Crippen LogP contribution in [-0.4, -0.2) is 36.8 Å². The fourth-order valence-corrected chi connectivity index (χ4v) is 24.1. The first-order chi connectivity index (χ1) is 23.0. The third-order valence-electron chi connectivity index (χ3n) is 10.4. The molecule has 278 valence electrons. The molecule has 2 aromatic heterocycles. The first-order valence-corrected chi connectivity index (χ1v) is 42.9. The Bertz CT molecular complexity index is 1080. The van der Waals surface area contributed by atoms with Crippen molar-refractivity contribution in [2.45, 2.75) is 224 Å². The summed E-state index contributed by atoms with van der Waals surface area (Å²) in [4.78, 5) is 19.5. The Kier molecular flexibility index (Phi) is 24.4. The van der Waals surface area contributed by atoms with Crippen molar-refractivity contribution in [2.24, 2.45) is 0 Å². The molecule has 0 unspecified atom stereocenters. The summed E-state index contributed by atoms with van der Waals surface area (Å²) in [6.45, 7) is 7.01. The van der Waals surface area contributed by atoms with Gasteiger partial charge in [0, 0.05) is 0 Å². The van der Waals surface area contributed by atoms with E-state index in [1.165, 1.54) is 173 Å². The molecule has 0 saturated carbocycles. The van der Waals surface area contributed by atoms with E-state index in [2.05, 4.69) is 79.1 Å². The molecule has 0 aromatic carbocycles. The minimum absolute atomic E-state index is 1.32. The first-order valence-electron chi connectivity index (χ1n) is 21.3. The second kappa shape index (κ2) is 25.9. The average molecular weight is 913 g/mol. The molecule has 0 atom stereocenters. The molecular weight excluding hydrogens is 830 g/mol. The van der Waals surface area contributed by atoms with E-state index in [0.29, 0.717) is 0 Å². The summed E-state index contributed by atoms with van der Waals surface area (Å²) in [5, 5.41) is 0. The van der Waals surface area contributed by atoms with Gasteiger partial charge in [0.1, 0.15) is 0 Å². The SMILES string of the molecule is CCCCCCCCCCCCc1cc(-c2s[c]([Sn]([CH3])([CH3])[CH3])c(CCCCCCCCCCCC)c2CCCCCC)s[c]1[Sn]([CH3])([CH3])[CH3]. The van der Waals surface area contributed by atoms with Crippen molar-refractivity contribution in [3.63, 3.8) is 0 Å². The van der Waals surface area contributed by atoms with Gasteiger partial charge in [-0.1, -0.05) is 26.7 Å². The monoisotopic (exact) mass is 914 g/mol. The zero-order valence-electron chi connectivity index (χ0n) is 34.0. The van der Waals surface area contributed by atoms with Crippen LogP contribution in [0.3, 0.4) is 0 Å². The zero-order chi connectivity index (χ0) is 35.3. The number of thiophene rings is 2. The van der Waals surface area contributed by atoms with Crippen molar-refractivity contribution in [2.75, 3.05) is 0 Å². The van der Waals surface area contributed by atoms with Crippen LogP contribution in [0.5, 0.6) is 0 Å². The summed E-state index contributed by atoms with van der Waals surface area (Å²) < 4.78 is 3.78. The number of rotatable bonds is 30. The van der Waals surface area contributed by atoms with Gasteiger partial charge in [0.15, 0.2) is 0 Å². The Morgan fingerprint density at radius 1 is 0.396 bits per heavy atom. The van der Waals surface area contributed by atoms with E-state index >= 15 is 0 Å². The summed E-state index contributed by atoms with van der Waals surface area (Å²) in [6, 6.07) is 2.74. The van der Waals surface area contributed by atoms with Crippen LogP contribution in [0, 0.1) is 0 Å². The molecule has 2 aromatic rings. The van der Waals surface area contributed by atoms with E-state index in [0.717, 1.165) is 0 Å². The van der Waals surface area contributed by atoms with Gasteiger partial charge in [-0.25, -0.2) is 0 Å². The summed E-state index contributed by atoms with van der Waals surface area (Å²) in [5.74, 6) is 0. The topological polar surface area (TPSA) is 0 Å². The van der Waals surface area contributed by atoms with Crippen molar-refractivity contribution in [1.29, 1.82) is 0 Å². The number of hydrogen-bond donors (Lipinski definition) is 0. The van der Waals surface area contributed by atoms with Crippen LogP contribution in [-0.2, 0) is 19.3 Å². The average Bonchev–Trinajstić information content (AvgIpc) is 3.63. The van der Waals surface area contributed by atoms with Gasteiger partial charge in [0.2, 0.25) is 0 Å². The van der Waals surface area contributed by atoms with E-state index < -0.39 is 36.8 Å². The zero-order valence-corrected chi connectivity index (χ0v) is 41.3. The molecule has 48 heavy (non-hydrogen) atoms. The molecule has 0 radical (unpaired) electrons. The Labute approximate surface area is 318 Å². The molecule has 0 aliphatic carbocycles. The Morgan fingerprint density at radius 3 is 1.17 bits per heavy atom. The second-order valence-electron chi connectivity index (χ2n) is 17.4. The third kappa shape index (κ3) is 17.7. The molecule has 0 aliphatic heterocycles. The van der Waals surface area contributed by atoms with Crippen molar-refractivity contribution in [3.8, 4) is 9.75 Å². The number of hydrogen-bond acceptors (Lipinski definition) is 2.